The molecule has 2 N–H and O–H groups in total. The Kier molecular flexibility index (Phi) is 4.32. The van der Waals surface area contributed by atoms with Crippen molar-refractivity contribution in [2.75, 3.05) is 31.8 Å². The van der Waals surface area contributed by atoms with Crippen LogP contribution < -0.4 is 10.2 Å². The fourth-order valence-corrected chi connectivity index (χ4v) is 4.02. The van der Waals surface area contributed by atoms with Crippen LogP contribution in [-0.4, -0.2) is 53.7 Å². The molecule has 1 fully saturated rings. The van der Waals surface area contributed by atoms with Gasteiger partial charge in [0.1, 0.15) is 5.54 Å². The molecular weight excluding hydrogens is 284 g/mol. The topological polar surface area (TPSA) is 78.4 Å². The van der Waals surface area contributed by atoms with E-state index in [0.29, 0.717) is 5.75 Å². The summed E-state index contributed by atoms with van der Waals surface area (Å²) < 4.78 is 0.810. The summed E-state index contributed by atoms with van der Waals surface area (Å²) in [5.41, 5.74) is -0.839. The van der Waals surface area contributed by atoms with Crippen LogP contribution in [0.15, 0.2) is 4.34 Å². The van der Waals surface area contributed by atoms with Crippen LogP contribution in [0.3, 0.4) is 0 Å². The Bertz CT molecular complexity index is 461. The third-order valence-electron chi connectivity index (χ3n) is 3.30. The molecule has 1 aromatic heterocycles. The van der Waals surface area contributed by atoms with Crippen LogP contribution in [0.4, 0.5) is 5.13 Å². The van der Waals surface area contributed by atoms with Gasteiger partial charge in [-0.15, -0.1) is 10.2 Å². The average Bonchev–Trinajstić information content (AvgIpc) is 3.08. The summed E-state index contributed by atoms with van der Waals surface area (Å²) in [7, 11) is 5.54. The number of hydrogen-bond acceptors (Lipinski definition) is 7. The van der Waals surface area contributed by atoms with Gasteiger partial charge in [-0.25, -0.2) is 0 Å². The van der Waals surface area contributed by atoms with Gasteiger partial charge in [-0.1, -0.05) is 23.1 Å². The Morgan fingerprint density at radius 3 is 2.68 bits per heavy atom. The number of rotatable bonds is 7. The highest BCUT2D eigenvalue weighted by Gasteiger charge is 2.50. The van der Waals surface area contributed by atoms with Gasteiger partial charge in [-0.05, 0) is 25.8 Å². The van der Waals surface area contributed by atoms with Gasteiger partial charge in [-0.2, -0.15) is 0 Å². The standard InChI is InChI=1S/C11H18N4O2S2/c1-12-11(8(16)17,7-4-5-7)6-18-10-14-13-9(19-10)15(2)3/h7,12H,4-6H2,1-3H3,(H,16,17). The summed E-state index contributed by atoms with van der Waals surface area (Å²) in [6.45, 7) is 0. The van der Waals surface area contributed by atoms with Gasteiger partial charge >= 0.3 is 5.97 Å². The number of thioether (sulfide) groups is 1. The second-order valence-electron chi connectivity index (χ2n) is 4.83. The zero-order valence-corrected chi connectivity index (χ0v) is 12.8. The van der Waals surface area contributed by atoms with Crippen molar-refractivity contribution >= 4 is 34.2 Å². The molecule has 1 aliphatic carbocycles. The van der Waals surface area contributed by atoms with Crippen LogP contribution in [0.1, 0.15) is 12.8 Å². The first-order valence-corrected chi connectivity index (χ1v) is 7.85. The highest BCUT2D eigenvalue weighted by Crippen LogP contribution is 2.43. The SMILES string of the molecule is CNC(CSc1nnc(N(C)C)s1)(C(=O)O)C1CC1. The van der Waals surface area contributed by atoms with E-state index in [4.69, 9.17) is 0 Å². The maximum atomic E-state index is 11.6. The summed E-state index contributed by atoms with van der Waals surface area (Å²) in [6, 6.07) is 0. The Balaban J connectivity index is 2.04. The second-order valence-corrected chi connectivity index (χ2v) is 7.01. The number of nitrogens with one attached hydrogen (secondary N) is 1. The summed E-state index contributed by atoms with van der Waals surface area (Å²) in [6.07, 6.45) is 1.96. The second kappa shape index (κ2) is 5.64. The number of anilines is 1. The molecule has 0 spiro atoms. The van der Waals surface area contributed by atoms with Gasteiger partial charge < -0.3 is 15.3 Å². The number of carboxylic acid groups (broad SMARTS) is 1. The van der Waals surface area contributed by atoms with Gasteiger partial charge in [0, 0.05) is 19.8 Å². The first-order valence-electron chi connectivity index (χ1n) is 6.05. The lowest BCUT2D eigenvalue weighted by atomic mass is 9.96. The van der Waals surface area contributed by atoms with Gasteiger partial charge in [0.15, 0.2) is 4.34 Å². The lowest BCUT2D eigenvalue weighted by molar-refractivity contribution is -0.144. The maximum Gasteiger partial charge on any atom is 0.325 e. The molecule has 106 valence electrons. The molecule has 0 bridgehead atoms. The van der Waals surface area contributed by atoms with E-state index in [2.05, 4.69) is 15.5 Å². The summed E-state index contributed by atoms with van der Waals surface area (Å²) in [4.78, 5) is 13.4. The van der Waals surface area contributed by atoms with Crippen molar-refractivity contribution < 1.29 is 9.90 Å². The zero-order chi connectivity index (χ0) is 14.0. The normalized spacial score (nSPS) is 18.1. The van der Waals surface area contributed by atoms with Gasteiger partial charge in [0.25, 0.3) is 0 Å². The van der Waals surface area contributed by atoms with E-state index in [1.165, 1.54) is 23.1 Å². The summed E-state index contributed by atoms with van der Waals surface area (Å²) in [5, 5.41) is 21.5. The Morgan fingerprint density at radius 1 is 1.58 bits per heavy atom. The molecule has 1 atom stereocenters. The summed E-state index contributed by atoms with van der Waals surface area (Å²) >= 11 is 2.94. The lowest BCUT2D eigenvalue weighted by Crippen LogP contribution is -2.54. The fraction of sp³-hybridized carbons (Fsp3) is 0.727. The van der Waals surface area contributed by atoms with Crippen LogP contribution in [0.2, 0.25) is 0 Å². The molecule has 8 heteroatoms. The average molecular weight is 302 g/mol. The van der Waals surface area contributed by atoms with Crippen molar-refractivity contribution in [1.82, 2.24) is 15.5 Å². The smallest absolute Gasteiger partial charge is 0.325 e. The molecule has 6 nitrogen and oxygen atoms in total. The van der Waals surface area contributed by atoms with Crippen molar-refractivity contribution in [2.45, 2.75) is 22.7 Å². The first-order chi connectivity index (χ1) is 8.99. The number of hydrogen-bond donors (Lipinski definition) is 2. The zero-order valence-electron chi connectivity index (χ0n) is 11.2. The van der Waals surface area contributed by atoms with Crippen molar-refractivity contribution in [2.24, 2.45) is 5.92 Å². The van der Waals surface area contributed by atoms with Crippen molar-refractivity contribution in [3.63, 3.8) is 0 Å². The van der Waals surface area contributed by atoms with Gasteiger partial charge in [0.05, 0.1) is 0 Å². The third kappa shape index (κ3) is 3.01. The lowest BCUT2D eigenvalue weighted by Gasteiger charge is -2.28. The van der Waals surface area contributed by atoms with E-state index in [0.717, 1.165) is 22.3 Å². The molecule has 1 aromatic rings. The third-order valence-corrected chi connectivity index (χ3v) is 5.72. The minimum Gasteiger partial charge on any atom is -0.480 e. The number of nitrogens with zero attached hydrogens (tertiary/aromatic N) is 3. The monoisotopic (exact) mass is 302 g/mol. The van der Waals surface area contributed by atoms with Gasteiger partial charge in [-0.3, -0.25) is 4.79 Å². The predicted molar refractivity (Wildman–Crippen MR) is 77.1 cm³/mol. The molecule has 0 aliphatic heterocycles. The highest BCUT2D eigenvalue weighted by atomic mass is 32.2. The minimum absolute atomic E-state index is 0.226. The Morgan fingerprint density at radius 2 is 2.26 bits per heavy atom. The maximum absolute atomic E-state index is 11.6. The van der Waals surface area contributed by atoms with Crippen LogP contribution in [-0.2, 0) is 4.79 Å². The predicted octanol–water partition coefficient (Wildman–Crippen LogP) is 1.15. The van der Waals surface area contributed by atoms with E-state index in [1.807, 2.05) is 19.0 Å². The molecule has 1 saturated carbocycles. The van der Waals surface area contributed by atoms with E-state index < -0.39 is 11.5 Å². The Labute approximate surface area is 120 Å². The van der Waals surface area contributed by atoms with Crippen LogP contribution in [0.5, 0.6) is 0 Å². The fourth-order valence-electron chi connectivity index (χ4n) is 1.93. The molecule has 1 unspecified atom stereocenters. The van der Waals surface area contributed by atoms with Crippen LogP contribution in [0, 0.1) is 5.92 Å². The largest absolute Gasteiger partial charge is 0.480 e. The number of carboxylic acids is 1. The molecule has 1 aliphatic rings. The number of likely N-dealkylation sites (N-methyl/N-ethyl adjacent to an activating group) is 1. The van der Waals surface area contributed by atoms with E-state index in [-0.39, 0.29) is 5.92 Å². The number of aromatic nitrogens is 2. The number of carbonyl (C=O) groups is 1. The highest BCUT2D eigenvalue weighted by molar-refractivity contribution is 8.01. The molecule has 0 radical (unpaired) electrons. The minimum atomic E-state index is -0.839. The molecule has 2 rings (SSSR count). The molecule has 1 heterocycles. The Hall–Kier alpha value is -0.860. The molecular formula is C11H18N4O2S2. The molecule has 19 heavy (non-hydrogen) atoms. The number of aliphatic carboxylic acids is 1. The summed E-state index contributed by atoms with van der Waals surface area (Å²) in [5.74, 6) is -0.0722. The van der Waals surface area contributed by atoms with Crippen LogP contribution in [0.25, 0.3) is 0 Å². The molecule has 0 amide bonds. The molecule has 0 aromatic carbocycles. The van der Waals surface area contributed by atoms with Crippen LogP contribution >= 0.6 is 23.1 Å². The molecule has 0 saturated heterocycles. The van der Waals surface area contributed by atoms with Crippen molar-refractivity contribution in [3.8, 4) is 0 Å². The quantitative estimate of drug-likeness (QED) is 0.731. The van der Waals surface area contributed by atoms with Gasteiger partial charge in [0.2, 0.25) is 5.13 Å². The van der Waals surface area contributed by atoms with E-state index >= 15 is 0 Å². The van der Waals surface area contributed by atoms with E-state index in [1.54, 1.807) is 7.05 Å². The first kappa shape index (κ1) is 14.5. The van der Waals surface area contributed by atoms with E-state index in [9.17, 15) is 9.90 Å². The van der Waals surface area contributed by atoms with Crippen molar-refractivity contribution in [1.29, 1.82) is 0 Å². The van der Waals surface area contributed by atoms with Crippen molar-refractivity contribution in [3.05, 3.63) is 0 Å².